The lowest BCUT2D eigenvalue weighted by Gasteiger charge is -2.02. The monoisotopic (exact) mass is 205 g/mol. The Morgan fingerprint density at radius 1 is 1.47 bits per heavy atom. The minimum absolute atomic E-state index is 0.256. The molecule has 0 saturated heterocycles. The van der Waals surface area contributed by atoms with Gasteiger partial charge in [0.2, 0.25) is 0 Å². The fourth-order valence-electron chi connectivity index (χ4n) is 1.08. The van der Waals surface area contributed by atoms with Crippen molar-refractivity contribution in [3.05, 3.63) is 35.7 Å². The summed E-state index contributed by atoms with van der Waals surface area (Å²) in [5.74, 6) is -0.256. The van der Waals surface area contributed by atoms with E-state index in [1.165, 1.54) is 0 Å². The highest BCUT2D eigenvalue weighted by atomic mass is 16.5. The molecule has 0 spiro atoms. The number of aromatic nitrogens is 1. The van der Waals surface area contributed by atoms with Gasteiger partial charge in [0.05, 0.1) is 6.61 Å². The van der Waals surface area contributed by atoms with Gasteiger partial charge in [-0.2, -0.15) is 0 Å². The molecule has 0 saturated carbocycles. The standard InChI is InChI=1S/C12H15NO2/c1-3-8-15-12(14)10(2)9-11-4-6-13-7-5-11/h4-7,9H,3,8H2,1-2H3. The molecular formula is C12H15NO2. The second-order valence-corrected chi connectivity index (χ2v) is 3.24. The molecule has 1 aromatic heterocycles. The van der Waals surface area contributed by atoms with Gasteiger partial charge in [0.1, 0.15) is 0 Å². The Balaban J connectivity index is 2.63. The molecule has 0 aliphatic heterocycles. The van der Waals surface area contributed by atoms with Crippen LogP contribution in [0.15, 0.2) is 30.1 Å². The highest BCUT2D eigenvalue weighted by Gasteiger charge is 2.04. The summed E-state index contributed by atoms with van der Waals surface area (Å²) in [4.78, 5) is 15.3. The quantitative estimate of drug-likeness (QED) is 0.559. The van der Waals surface area contributed by atoms with Crippen LogP contribution in [-0.2, 0) is 9.53 Å². The first-order valence-electron chi connectivity index (χ1n) is 4.99. The summed E-state index contributed by atoms with van der Waals surface area (Å²) in [6.45, 7) is 4.19. The van der Waals surface area contributed by atoms with Crippen LogP contribution in [0, 0.1) is 0 Å². The van der Waals surface area contributed by atoms with E-state index in [4.69, 9.17) is 4.74 Å². The van der Waals surface area contributed by atoms with Crippen molar-refractivity contribution in [1.82, 2.24) is 4.98 Å². The van der Waals surface area contributed by atoms with Crippen LogP contribution in [0.25, 0.3) is 6.08 Å². The van der Waals surface area contributed by atoms with Crippen LogP contribution >= 0.6 is 0 Å². The summed E-state index contributed by atoms with van der Waals surface area (Å²) in [5.41, 5.74) is 1.56. The molecule has 0 aromatic carbocycles. The molecule has 3 nitrogen and oxygen atoms in total. The van der Waals surface area contributed by atoms with E-state index in [1.807, 2.05) is 19.1 Å². The van der Waals surface area contributed by atoms with Gasteiger partial charge in [0.15, 0.2) is 0 Å². The van der Waals surface area contributed by atoms with E-state index in [0.29, 0.717) is 12.2 Å². The molecule has 0 aliphatic carbocycles. The molecule has 3 heteroatoms. The smallest absolute Gasteiger partial charge is 0.333 e. The average Bonchev–Trinajstić information content (AvgIpc) is 2.27. The van der Waals surface area contributed by atoms with E-state index in [2.05, 4.69) is 4.98 Å². The zero-order valence-electron chi connectivity index (χ0n) is 9.06. The fourth-order valence-corrected chi connectivity index (χ4v) is 1.08. The van der Waals surface area contributed by atoms with Crippen LogP contribution in [0.1, 0.15) is 25.8 Å². The molecule has 0 amide bonds. The van der Waals surface area contributed by atoms with Gasteiger partial charge in [-0.05, 0) is 37.1 Å². The summed E-state index contributed by atoms with van der Waals surface area (Å²) in [5, 5.41) is 0. The lowest BCUT2D eigenvalue weighted by atomic mass is 10.2. The van der Waals surface area contributed by atoms with Crippen molar-refractivity contribution >= 4 is 12.0 Å². The van der Waals surface area contributed by atoms with Gasteiger partial charge in [-0.3, -0.25) is 4.98 Å². The van der Waals surface area contributed by atoms with E-state index in [9.17, 15) is 4.79 Å². The summed E-state index contributed by atoms with van der Waals surface area (Å²) >= 11 is 0. The molecular weight excluding hydrogens is 190 g/mol. The Bertz CT molecular complexity index is 344. The van der Waals surface area contributed by atoms with Gasteiger partial charge < -0.3 is 4.74 Å². The van der Waals surface area contributed by atoms with Gasteiger partial charge in [-0.1, -0.05) is 6.92 Å². The maximum atomic E-state index is 11.4. The third-order valence-electron chi connectivity index (χ3n) is 1.85. The topological polar surface area (TPSA) is 39.2 Å². The van der Waals surface area contributed by atoms with Crippen molar-refractivity contribution in [3.63, 3.8) is 0 Å². The molecule has 0 bridgehead atoms. The van der Waals surface area contributed by atoms with Gasteiger partial charge in [0, 0.05) is 18.0 Å². The second kappa shape index (κ2) is 5.96. The predicted octanol–water partition coefficient (Wildman–Crippen LogP) is 2.44. The SMILES string of the molecule is CCCOC(=O)C(C)=Cc1ccncc1. The van der Waals surface area contributed by atoms with Crippen LogP contribution in [0.2, 0.25) is 0 Å². The lowest BCUT2D eigenvalue weighted by Crippen LogP contribution is -2.06. The summed E-state index contributed by atoms with van der Waals surface area (Å²) in [6.07, 6.45) is 6.01. The Morgan fingerprint density at radius 2 is 2.13 bits per heavy atom. The van der Waals surface area contributed by atoms with Crippen molar-refractivity contribution in [2.75, 3.05) is 6.61 Å². The van der Waals surface area contributed by atoms with E-state index in [0.717, 1.165) is 12.0 Å². The number of rotatable bonds is 4. The highest BCUT2D eigenvalue weighted by Crippen LogP contribution is 2.06. The van der Waals surface area contributed by atoms with Crippen molar-refractivity contribution in [3.8, 4) is 0 Å². The number of carbonyl (C=O) groups excluding carboxylic acids is 1. The summed E-state index contributed by atoms with van der Waals surface area (Å²) < 4.78 is 5.00. The molecule has 0 N–H and O–H groups in total. The first-order valence-corrected chi connectivity index (χ1v) is 4.99. The zero-order valence-corrected chi connectivity index (χ0v) is 9.06. The predicted molar refractivity (Wildman–Crippen MR) is 59.1 cm³/mol. The highest BCUT2D eigenvalue weighted by molar-refractivity contribution is 5.92. The zero-order chi connectivity index (χ0) is 11.1. The summed E-state index contributed by atoms with van der Waals surface area (Å²) in [6, 6.07) is 3.69. The average molecular weight is 205 g/mol. The van der Waals surface area contributed by atoms with Crippen molar-refractivity contribution in [2.45, 2.75) is 20.3 Å². The molecule has 80 valence electrons. The van der Waals surface area contributed by atoms with E-state index < -0.39 is 0 Å². The van der Waals surface area contributed by atoms with Crippen LogP contribution in [0.5, 0.6) is 0 Å². The Hall–Kier alpha value is -1.64. The van der Waals surface area contributed by atoms with Crippen LogP contribution in [0.4, 0.5) is 0 Å². The largest absolute Gasteiger partial charge is 0.462 e. The molecule has 1 rings (SSSR count). The molecule has 15 heavy (non-hydrogen) atoms. The maximum absolute atomic E-state index is 11.4. The van der Waals surface area contributed by atoms with Gasteiger partial charge in [-0.15, -0.1) is 0 Å². The van der Waals surface area contributed by atoms with Crippen molar-refractivity contribution in [2.24, 2.45) is 0 Å². The number of nitrogens with zero attached hydrogens (tertiary/aromatic N) is 1. The van der Waals surface area contributed by atoms with E-state index in [1.54, 1.807) is 25.4 Å². The van der Waals surface area contributed by atoms with Gasteiger partial charge in [-0.25, -0.2) is 4.79 Å². The number of hydrogen-bond acceptors (Lipinski definition) is 3. The number of hydrogen-bond donors (Lipinski definition) is 0. The Labute approximate surface area is 89.8 Å². The molecule has 0 fully saturated rings. The first kappa shape index (κ1) is 11.4. The normalized spacial score (nSPS) is 11.2. The Kier molecular flexibility index (Phi) is 4.54. The van der Waals surface area contributed by atoms with E-state index in [-0.39, 0.29) is 5.97 Å². The van der Waals surface area contributed by atoms with Crippen molar-refractivity contribution < 1.29 is 9.53 Å². The van der Waals surface area contributed by atoms with Crippen molar-refractivity contribution in [1.29, 1.82) is 0 Å². The number of pyridine rings is 1. The molecule has 0 aliphatic rings. The minimum atomic E-state index is -0.256. The molecule has 0 unspecified atom stereocenters. The third kappa shape index (κ3) is 3.94. The fraction of sp³-hybridized carbons (Fsp3) is 0.333. The van der Waals surface area contributed by atoms with Crippen LogP contribution < -0.4 is 0 Å². The van der Waals surface area contributed by atoms with Crippen LogP contribution in [0.3, 0.4) is 0 Å². The second-order valence-electron chi connectivity index (χ2n) is 3.24. The maximum Gasteiger partial charge on any atom is 0.333 e. The van der Waals surface area contributed by atoms with Gasteiger partial charge >= 0.3 is 5.97 Å². The van der Waals surface area contributed by atoms with Gasteiger partial charge in [0.25, 0.3) is 0 Å². The molecule has 1 heterocycles. The third-order valence-corrected chi connectivity index (χ3v) is 1.85. The molecule has 0 atom stereocenters. The minimum Gasteiger partial charge on any atom is -0.462 e. The first-order chi connectivity index (χ1) is 7.24. The Morgan fingerprint density at radius 3 is 2.73 bits per heavy atom. The lowest BCUT2D eigenvalue weighted by molar-refractivity contribution is -0.138. The van der Waals surface area contributed by atoms with E-state index >= 15 is 0 Å². The number of carbonyl (C=O) groups is 1. The number of esters is 1. The molecule has 0 radical (unpaired) electrons. The summed E-state index contributed by atoms with van der Waals surface area (Å²) in [7, 11) is 0. The van der Waals surface area contributed by atoms with Crippen LogP contribution in [-0.4, -0.2) is 17.6 Å². The number of ether oxygens (including phenoxy) is 1. The molecule has 1 aromatic rings.